The van der Waals surface area contributed by atoms with E-state index in [9.17, 15) is 4.79 Å². The number of carbonyl (C=O) groups excluding carboxylic acids is 1. The minimum Gasteiger partial charge on any atom is -0.497 e. The number of aromatic nitrogens is 2. The van der Waals surface area contributed by atoms with E-state index in [1.807, 2.05) is 23.1 Å². The number of H-pyrrole nitrogens is 1. The number of hydrogen-bond acceptors (Lipinski definition) is 5. The Balaban J connectivity index is 1.37. The van der Waals surface area contributed by atoms with Crippen LogP contribution in [0.25, 0.3) is 11.0 Å². The quantitative estimate of drug-likeness (QED) is 0.787. The average Bonchev–Trinajstić information content (AvgIpc) is 3.30. The van der Waals surface area contributed by atoms with Crippen molar-refractivity contribution < 1.29 is 13.9 Å². The first-order valence-electron chi connectivity index (χ1n) is 8.31. The normalized spacial score (nSPS) is 15.6. The van der Waals surface area contributed by atoms with Crippen LogP contribution in [0.4, 0.5) is 0 Å². The highest BCUT2D eigenvalue weighted by molar-refractivity contribution is 5.91. The van der Waals surface area contributed by atoms with Crippen LogP contribution in [0.3, 0.4) is 0 Å². The van der Waals surface area contributed by atoms with Crippen molar-refractivity contribution in [2.24, 2.45) is 0 Å². The maximum atomic E-state index is 12.3. The van der Waals surface area contributed by atoms with E-state index < -0.39 is 0 Å². The summed E-state index contributed by atoms with van der Waals surface area (Å²) in [7, 11) is 1.65. The Morgan fingerprint density at radius 3 is 2.84 bits per heavy atom. The maximum absolute atomic E-state index is 12.3. The van der Waals surface area contributed by atoms with Gasteiger partial charge < -0.3 is 19.0 Å². The third-order valence-electron chi connectivity index (χ3n) is 4.50. The monoisotopic (exact) mass is 340 g/mol. The Morgan fingerprint density at radius 1 is 1.28 bits per heavy atom. The van der Waals surface area contributed by atoms with E-state index in [0.29, 0.717) is 18.8 Å². The first-order chi connectivity index (χ1) is 12.2. The van der Waals surface area contributed by atoms with Crippen molar-refractivity contribution in [1.29, 1.82) is 0 Å². The molecule has 4 rings (SSSR count). The molecule has 1 aromatic carbocycles. The highest BCUT2D eigenvalue weighted by Gasteiger charge is 2.24. The number of methoxy groups -OCH3 is 1. The molecule has 3 aromatic rings. The van der Waals surface area contributed by atoms with Crippen molar-refractivity contribution in [3.05, 3.63) is 48.2 Å². The number of nitrogens with zero attached hydrogens (tertiary/aromatic N) is 3. The van der Waals surface area contributed by atoms with E-state index in [1.54, 1.807) is 19.2 Å². The molecule has 130 valence electrons. The molecule has 1 aliphatic rings. The highest BCUT2D eigenvalue weighted by Crippen LogP contribution is 2.19. The number of nitrogens with one attached hydrogen (secondary N) is 1. The van der Waals surface area contributed by atoms with Gasteiger partial charge in [0.05, 0.1) is 31.0 Å². The second-order valence-corrected chi connectivity index (χ2v) is 6.11. The summed E-state index contributed by atoms with van der Waals surface area (Å²) in [6, 6.07) is 9.25. The van der Waals surface area contributed by atoms with Crippen molar-refractivity contribution in [2.45, 2.75) is 6.54 Å². The second kappa shape index (κ2) is 6.60. The minimum absolute atomic E-state index is 0.0412. The third-order valence-corrected chi connectivity index (χ3v) is 4.50. The summed E-state index contributed by atoms with van der Waals surface area (Å²) in [5.74, 6) is 2.10. The Bertz CT molecular complexity index is 864. The van der Waals surface area contributed by atoms with Crippen molar-refractivity contribution in [1.82, 2.24) is 19.8 Å². The van der Waals surface area contributed by atoms with Crippen LogP contribution in [-0.4, -0.2) is 59.0 Å². The van der Waals surface area contributed by atoms with Gasteiger partial charge in [0.25, 0.3) is 5.91 Å². The van der Waals surface area contributed by atoms with Gasteiger partial charge in [-0.3, -0.25) is 9.69 Å². The minimum atomic E-state index is -0.0412. The number of furan rings is 1. The zero-order chi connectivity index (χ0) is 17.2. The SMILES string of the molecule is COc1ccc2nc(CN3CCN(C(=O)c4ccco4)CC3)[nH]c2c1. The number of piperazine rings is 1. The van der Waals surface area contributed by atoms with Crippen LogP contribution in [0.1, 0.15) is 16.4 Å². The maximum Gasteiger partial charge on any atom is 0.289 e. The van der Waals surface area contributed by atoms with Gasteiger partial charge in [0.2, 0.25) is 0 Å². The summed E-state index contributed by atoms with van der Waals surface area (Å²) in [6.45, 7) is 3.74. The molecule has 3 heterocycles. The molecule has 1 aliphatic heterocycles. The molecule has 0 radical (unpaired) electrons. The number of carbonyl (C=O) groups is 1. The van der Waals surface area contributed by atoms with E-state index in [-0.39, 0.29) is 5.91 Å². The molecule has 0 unspecified atom stereocenters. The molecule has 7 nitrogen and oxygen atoms in total. The van der Waals surface area contributed by atoms with E-state index in [4.69, 9.17) is 9.15 Å². The van der Waals surface area contributed by atoms with E-state index >= 15 is 0 Å². The fourth-order valence-electron chi connectivity index (χ4n) is 3.12. The number of hydrogen-bond donors (Lipinski definition) is 1. The van der Waals surface area contributed by atoms with Crippen LogP contribution in [-0.2, 0) is 6.54 Å². The van der Waals surface area contributed by atoms with Crippen LogP contribution >= 0.6 is 0 Å². The van der Waals surface area contributed by atoms with Crippen LogP contribution in [0, 0.1) is 0 Å². The molecule has 2 aromatic heterocycles. The molecule has 1 N–H and O–H groups in total. The van der Waals surface area contributed by atoms with Gasteiger partial charge in [0, 0.05) is 32.2 Å². The molecule has 0 saturated carbocycles. The lowest BCUT2D eigenvalue weighted by Crippen LogP contribution is -2.48. The molecule has 0 aliphatic carbocycles. The van der Waals surface area contributed by atoms with Gasteiger partial charge in [-0.25, -0.2) is 4.98 Å². The molecule has 0 spiro atoms. The summed E-state index contributed by atoms with van der Waals surface area (Å²) in [5, 5.41) is 0. The standard InChI is InChI=1S/C18H20N4O3/c1-24-13-4-5-14-15(11-13)20-17(19-14)12-21-6-8-22(9-7-21)18(23)16-3-2-10-25-16/h2-5,10-11H,6-9,12H2,1H3,(H,19,20). The number of amides is 1. The van der Waals surface area contributed by atoms with Crippen LogP contribution < -0.4 is 4.74 Å². The van der Waals surface area contributed by atoms with E-state index in [1.165, 1.54) is 6.26 Å². The van der Waals surface area contributed by atoms with Gasteiger partial charge in [0.1, 0.15) is 11.6 Å². The zero-order valence-corrected chi connectivity index (χ0v) is 14.1. The molecular formula is C18H20N4O3. The molecule has 25 heavy (non-hydrogen) atoms. The van der Waals surface area contributed by atoms with Gasteiger partial charge >= 0.3 is 0 Å². The topological polar surface area (TPSA) is 74.6 Å². The molecule has 1 amide bonds. The van der Waals surface area contributed by atoms with Crippen molar-refractivity contribution in [3.8, 4) is 5.75 Å². The summed E-state index contributed by atoms with van der Waals surface area (Å²) >= 11 is 0. The molecule has 7 heteroatoms. The Kier molecular flexibility index (Phi) is 4.15. The summed E-state index contributed by atoms with van der Waals surface area (Å²) < 4.78 is 10.4. The Hall–Kier alpha value is -2.80. The largest absolute Gasteiger partial charge is 0.497 e. The number of rotatable bonds is 4. The zero-order valence-electron chi connectivity index (χ0n) is 14.1. The van der Waals surface area contributed by atoms with Gasteiger partial charge in [-0.15, -0.1) is 0 Å². The lowest BCUT2D eigenvalue weighted by Gasteiger charge is -2.33. The molecular weight excluding hydrogens is 320 g/mol. The molecule has 0 atom stereocenters. The smallest absolute Gasteiger partial charge is 0.289 e. The van der Waals surface area contributed by atoms with Crippen LogP contribution in [0.5, 0.6) is 5.75 Å². The predicted octanol–water partition coefficient (Wildman–Crippen LogP) is 2.12. The fourth-order valence-corrected chi connectivity index (χ4v) is 3.12. The lowest BCUT2D eigenvalue weighted by molar-refractivity contribution is 0.0595. The second-order valence-electron chi connectivity index (χ2n) is 6.11. The summed E-state index contributed by atoms with van der Waals surface area (Å²) in [5.41, 5.74) is 1.91. The van der Waals surface area contributed by atoms with Crippen molar-refractivity contribution >= 4 is 16.9 Å². The van der Waals surface area contributed by atoms with Gasteiger partial charge in [-0.2, -0.15) is 0 Å². The number of imidazole rings is 1. The Labute approximate surface area is 145 Å². The van der Waals surface area contributed by atoms with E-state index in [2.05, 4.69) is 14.9 Å². The van der Waals surface area contributed by atoms with Gasteiger partial charge in [-0.05, 0) is 24.3 Å². The first kappa shape index (κ1) is 15.7. The van der Waals surface area contributed by atoms with Gasteiger partial charge in [0.15, 0.2) is 5.76 Å². The molecule has 0 bridgehead atoms. The van der Waals surface area contributed by atoms with Crippen LogP contribution in [0.2, 0.25) is 0 Å². The third kappa shape index (κ3) is 3.23. The number of ether oxygens (including phenoxy) is 1. The molecule has 1 saturated heterocycles. The number of aromatic amines is 1. The average molecular weight is 340 g/mol. The number of benzene rings is 1. The van der Waals surface area contributed by atoms with Crippen molar-refractivity contribution in [2.75, 3.05) is 33.3 Å². The summed E-state index contributed by atoms with van der Waals surface area (Å²) in [6.07, 6.45) is 1.53. The highest BCUT2D eigenvalue weighted by atomic mass is 16.5. The van der Waals surface area contributed by atoms with Gasteiger partial charge in [-0.1, -0.05) is 0 Å². The fraction of sp³-hybridized carbons (Fsp3) is 0.333. The molecule has 1 fully saturated rings. The first-order valence-corrected chi connectivity index (χ1v) is 8.31. The lowest BCUT2D eigenvalue weighted by atomic mass is 10.3. The van der Waals surface area contributed by atoms with E-state index in [0.717, 1.165) is 42.2 Å². The Morgan fingerprint density at radius 2 is 2.12 bits per heavy atom. The van der Waals surface area contributed by atoms with Crippen molar-refractivity contribution in [3.63, 3.8) is 0 Å². The van der Waals surface area contributed by atoms with Crippen LogP contribution in [0.15, 0.2) is 41.0 Å². The number of fused-ring (bicyclic) bond motifs is 1. The summed E-state index contributed by atoms with van der Waals surface area (Å²) in [4.78, 5) is 24.4. The predicted molar refractivity (Wildman–Crippen MR) is 92.5 cm³/mol.